The third-order valence-electron chi connectivity index (χ3n) is 7.78. The third kappa shape index (κ3) is 7.97. The maximum absolute atomic E-state index is 14.9. The molecule has 4 rings (SSSR count). The Kier molecular flexibility index (Phi) is 10.4. The van der Waals surface area contributed by atoms with Crippen LogP contribution < -0.4 is 9.62 Å². The molecule has 1 fully saturated rings. The largest absolute Gasteiger partial charge is 0.352 e. The molecule has 1 unspecified atom stereocenters. The lowest BCUT2D eigenvalue weighted by Crippen LogP contribution is -2.54. The molecule has 0 aromatic heterocycles. The monoisotopic (exact) mass is 593 g/mol. The van der Waals surface area contributed by atoms with E-state index >= 15 is 0 Å². The highest BCUT2D eigenvalue weighted by Crippen LogP contribution is 2.29. The fourth-order valence-electron chi connectivity index (χ4n) is 5.53. The summed E-state index contributed by atoms with van der Waals surface area (Å²) in [5.41, 5.74) is 2.26. The van der Waals surface area contributed by atoms with E-state index in [1.807, 2.05) is 56.3 Å². The molecule has 1 aliphatic rings. The topological polar surface area (TPSA) is 86.8 Å². The van der Waals surface area contributed by atoms with Crippen LogP contribution in [0.2, 0.25) is 0 Å². The van der Waals surface area contributed by atoms with E-state index in [1.165, 1.54) is 11.0 Å². The molecular formula is C33H40FN3O4S. The van der Waals surface area contributed by atoms with Crippen molar-refractivity contribution in [1.82, 2.24) is 10.2 Å². The van der Waals surface area contributed by atoms with Gasteiger partial charge in [-0.3, -0.25) is 13.9 Å². The predicted octanol–water partition coefficient (Wildman–Crippen LogP) is 5.41. The smallest absolute Gasteiger partial charge is 0.244 e. The number of anilines is 1. The Labute approximate surface area is 248 Å². The highest BCUT2D eigenvalue weighted by atomic mass is 32.2. The molecule has 1 atom stereocenters. The van der Waals surface area contributed by atoms with Crippen molar-refractivity contribution < 1.29 is 22.4 Å². The van der Waals surface area contributed by atoms with E-state index < -0.39 is 34.3 Å². The van der Waals surface area contributed by atoms with E-state index in [1.54, 1.807) is 30.3 Å². The fourth-order valence-corrected chi connectivity index (χ4v) is 6.40. The number of halogens is 1. The van der Waals surface area contributed by atoms with Crippen LogP contribution in [-0.4, -0.2) is 50.0 Å². The quantitative estimate of drug-likeness (QED) is 0.304. The molecule has 3 aromatic carbocycles. The molecule has 0 aliphatic heterocycles. The number of carbonyl (C=O) groups is 2. The van der Waals surface area contributed by atoms with Gasteiger partial charge in [0.05, 0.1) is 11.9 Å². The molecule has 3 aromatic rings. The van der Waals surface area contributed by atoms with Gasteiger partial charge in [-0.25, -0.2) is 12.8 Å². The van der Waals surface area contributed by atoms with Crippen LogP contribution in [0.1, 0.15) is 62.1 Å². The van der Waals surface area contributed by atoms with Crippen LogP contribution >= 0.6 is 0 Å². The maximum Gasteiger partial charge on any atom is 0.244 e. The lowest BCUT2D eigenvalue weighted by molar-refractivity contribution is -0.140. The number of hydrogen-bond donors (Lipinski definition) is 1. The van der Waals surface area contributed by atoms with Gasteiger partial charge in [0.25, 0.3) is 0 Å². The van der Waals surface area contributed by atoms with Gasteiger partial charge in [0.1, 0.15) is 18.4 Å². The molecule has 7 nitrogen and oxygen atoms in total. The number of sulfonamides is 1. The molecular weight excluding hydrogens is 553 g/mol. The zero-order valence-corrected chi connectivity index (χ0v) is 25.3. The average Bonchev–Trinajstić information content (AvgIpc) is 3.47. The van der Waals surface area contributed by atoms with Gasteiger partial charge in [-0.2, -0.15) is 0 Å². The maximum atomic E-state index is 14.9. The minimum atomic E-state index is -3.90. The molecule has 0 radical (unpaired) electrons. The van der Waals surface area contributed by atoms with E-state index in [0.717, 1.165) is 47.4 Å². The van der Waals surface area contributed by atoms with E-state index in [4.69, 9.17) is 0 Å². The summed E-state index contributed by atoms with van der Waals surface area (Å²) in [6.07, 6.45) is 5.02. The Morgan fingerprint density at radius 1 is 0.929 bits per heavy atom. The number of amides is 2. The Morgan fingerprint density at radius 2 is 1.55 bits per heavy atom. The van der Waals surface area contributed by atoms with Crippen molar-refractivity contribution in [2.24, 2.45) is 0 Å². The third-order valence-corrected chi connectivity index (χ3v) is 8.90. The minimum Gasteiger partial charge on any atom is -0.352 e. The minimum absolute atomic E-state index is 0.00177. The zero-order valence-electron chi connectivity index (χ0n) is 24.5. The van der Waals surface area contributed by atoms with Crippen molar-refractivity contribution in [3.8, 4) is 0 Å². The number of hydrogen-bond acceptors (Lipinski definition) is 4. The van der Waals surface area contributed by atoms with Crippen LogP contribution in [0.5, 0.6) is 0 Å². The molecule has 224 valence electrons. The number of nitrogens with one attached hydrogen (secondary N) is 1. The highest BCUT2D eigenvalue weighted by Gasteiger charge is 2.35. The summed E-state index contributed by atoms with van der Waals surface area (Å²) < 4.78 is 42.3. The van der Waals surface area contributed by atoms with Gasteiger partial charge in [0, 0.05) is 24.6 Å². The number of rotatable bonds is 12. The second kappa shape index (κ2) is 14.0. The number of carbonyl (C=O) groups excluding carboxylic acids is 2. The van der Waals surface area contributed by atoms with Gasteiger partial charge in [0.2, 0.25) is 21.8 Å². The molecule has 0 bridgehead atoms. The van der Waals surface area contributed by atoms with Gasteiger partial charge in [-0.05, 0) is 42.0 Å². The number of benzene rings is 3. The molecule has 0 saturated heterocycles. The van der Waals surface area contributed by atoms with Crippen LogP contribution in [0, 0.1) is 5.82 Å². The fraction of sp³-hybridized carbons (Fsp3) is 0.394. The lowest BCUT2D eigenvalue weighted by Gasteiger charge is -2.34. The number of para-hydroxylation sites is 1. The average molecular weight is 594 g/mol. The molecule has 1 N–H and O–H groups in total. The standard InChI is InChI=1S/C33H40FN3O4S/c1-24(2)28-18-10-12-20-30(28)37(42(3,40)41)23-32(38)36(22-26-15-7-11-19-29(26)34)31(21-25-13-5-4-6-14-25)33(39)35-27-16-8-9-17-27/h4-7,10-15,18-20,24,27,31H,8-9,16-17,21-23H2,1-3H3,(H,35,39). The molecule has 9 heteroatoms. The van der Waals surface area contributed by atoms with Gasteiger partial charge in [-0.1, -0.05) is 93.4 Å². The van der Waals surface area contributed by atoms with Crippen LogP contribution in [0.3, 0.4) is 0 Å². The Balaban J connectivity index is 1.76. The van der Waals surface area contributed by atoms with Gasteiger partial charge in [0.15, 0.2) is 0 Å². The van der Waals surface area contributed by atoms with Crippen molar-refractivity contribution in [2.75, 3.05) is 17.1 Å². The van der Waals surface area contributed by atoms with Crippen LogP contribution in [0.15, 0.2) is 78.9 Å². The summed E-state index contributed by atoms with van der Waals surface area (Å²) in [6, 6.07) is 21.6. The first-order valence-electron chi connectivity index (χ1n) is 14.5. The second-order valence-electron chi connectivity index (χ2n) is 11.3. The molecule has 1 saturated carbocycles. The van der Waals surface area contributed by atoms with Crippen molar-refractivity contribution in [2.45, 2.75) is 70.5 Å². The first-order valence-corrected chi connectivity index (χ1v) is 16.3. The highest BCUT2D eigenvalue weighted by molar-refractivity contribution is 7.92. The van der Waals surface area contributed by atoms with Crippen molar-refractivity contribution in [3.63, 3.8) is 0 Å². The van der Waals surface area contributed by atoms with Crippen molar-refractivity contribution in [3.05, 3.63) is 101 Å². The predicted molar refractivity (Wildman–Crippen MR) is 164 cm³/mol. The van der Waals surface area contributed by atoms with E-state index in [2.05, 4.69) is 5.32 Å². The van der Waals surface area contributed by atoms with E-state index in [-0.39, 0.29) is 36.4 Å². The van der Waals surface area contributed by atoms with Crippen LogP contribution in [0.25, 0.3) is 0 Å². The van der Waals surface area contributed by atoms with Gasteiger partial charge in [-0.15, -0.1) is 0 Å². The summed E-state index contributed by atoms with van der Waals surface area (Å²) in [7, 11) is -3.90. The summed E-state index contributed by atoms with van der Waals surface area (Å²) in [4.78, 5) is 29.5. The van der Waals surface area contributed by atoms with Crippen LogP contribution in [0.4, 0.5) is 10.1 Å². The van der Waals surface area contributed by atoms with E-state index in [9.17, 15) is 22.4 Å². The molecule has 1 aliphatic carbocycles. The normalized spacial score (nSPS) is 14.5. The SMILES string of the molecule is CC(C)c1ccccc1N(CC(=O)N(Cc1ccccc1F)C(Cc1ccccc1)C(=O)NC1CCCC1)S(C)(=O)=O. The number of nitrogens with zero attached hydrogens (tertiary/aromatic N) is 2. The Hall–Kier alpha value is -3.72. The first kappa shape index (κ1) is 31.2. The summed E-state index contributed by atoms with van der Waals surface area (Å²) >= 11 is 0. The molecule has 0 spiro atoms. The van der Waals surface area contributed by atoms with E-state index in [0.29, 0.717) is 5.69 Å². The zero-order chi connectivity index (χ0) is 30.3. The van der Waals surface area contributed by atoms with Crippen LogP contribution in [-0.2, 0) is 32.6 Å². The summed E-state index contributed by atoms with van der Waals surface area (Å²) in [6.45, 7) is 3.19. The van der Waals surface area contributed by atoms with Gasteiger partial charge >= 0.3 is 0 Å². The first-order chi connectivity index (χ1) is 20.0. The Morgan fingerprint density at radius 3 is 2.19 bits per heavy atom. The summed E-state index contributed by atoms with van der Waals surface area (Å²) in [5, 5.41) is 3.12. The summed E-state index contributed by atoms with van der Waals surface area (Å²) in [5.74, 6) is -1.43. The van der Waals surface area contributed by atoms with Crippen molar-refractivity contribution >= 4 is 27.5 Å². The van der Waals surface area contributed by atoms with Crippen molar-refractivity contribution in [1.29, 1.82) is 0 Å². The van der Waals surface area contributed by atoms with Gasteiger partial charge < -0.3 is 10.2 Å². The molecule has 0 heterocycles. The molecule has 2 amide bonds. The Bertz CT molecular complexity index is 1470. The lowest BCUT2D eigenvalue weighted by atomic mass is 10.0. The molecule has 42 heavy (non-hydrogen) atoms. The second-order valence-corrected chi connectivity index (χ2v) is 13.2.